The SMILES string of the molecule is O=C(CN1C(=O)N(Cc2ccccc2)C(=O)C2CCCCC21)NCCc1ccccc1. The van der Waals surface area contributed by atoms with Crippen molar-refractivity contribution >= 4 is 17.8 Å². The summed E-state index contributed by atoms with van der Waals surface area (Å²) < 4.78 is 0. The predicted octanol–water partition coefficient (Wildman–Crippen LogP) is 3.37. The molecule has 1 heterocycles. The molecule has 1 aliphatic carbocycles. The summed E-state index contributed by atoms with van der Waals surface area (Å²) in [4.78, 5) is 42.0. The highest BCUT2D eigenvalue weighted by molar-refractivity contribution is 6.00. The lowest BCUT2D eigenvalue weighted by molar-refractivity contribution is -0.142. The fourth-order valence-electron chi connectivity index (χ4n) is 4.66. The van der Waals surface area contributed by atoms with E-state index >= 15 is 0 Å². The second-order valence-electron chi connectivity index (χ2n) is 8.36. The zero-order valence-electron chi connectivity index (χ0n) is 17.7. The molecule has 4 amide bonds. The Balaban J connectivity index is 1.43. The number of benzene rings is 2. The quantitative estimate of drug-likeness (QED) is 0.748. The van der Waals surface area contributed by atoms with Crippen molar-refractivity contribution in [2.75, 3.05) is 13.1 Å². The molecule has 1 N–H and O–H groups in total. The van der Waals surface area contributed by atoms with E-state index in [-0.39, 0.29) is 42.9 Å². The van der Waals surface area contributed by atoms with E-state index in [1.807, 2.05) is 60.7 Å². The molecule has 31 heavy (non-hydrogen) atoms. The molecule has 6 nitrogen and oxygen atoms in total. The number of amides is 4. The molecule has 6 heteroatoms. The summed E-state index contributed by atoms with van der Waals surface area (Å²) in [7, 11) is 0. The number of urea groups is 1. The van der Waals surface area contributed by atoms with Crippen LogP contribution in [0.4, 0.5) is 4.79 Å². The van der Waals surface area contributed by atoms with Crippen LogP contribution in [0.5, 0.6) is 0 Å². The van der Waals surface area contributed by atoms with Gasteiger partial charge in [-0.1, -0.05) is 73.5 Å². The lowest BCUT2D eigenvalue weighted by atomic mass is 9.81. The standard InChI is InChI=1S/C25H29N3O3/c29-23(26-16-15-19-9-3-1-4-10-19)18-27-22-14-8-7-13-21(22)24(30)28(25(27)31)17-20-11-5-2-6-12-20/h1-6,9-12,21-22H,7-8,13-18H2,(H,26,29). The normalized spacial score (nSPS) is 21.0. The summed E-state index contributed by atoms with van der Waals surface area (Å²) in [6, 6.07) is 19.0. The van der Waals surface area contributed by atoms with Gasteiger partial charge in [0.2, 0.25) is 11.8 Å². The molecule has 162 valence electrons. The summed E-state index contributed by atoms with van der Waals surface area (Å²) in [5.74, 6) is -0.491. The maximum absolute atomic E-state index is 13.3. The minimum Gasteiger partial charge on any atom is -0.354 e. The molecule has 4 rings (SSSR count). The maximum atomic E-state index is 13.3. The maximum Gasteiger partial charge on any atom is 0.327 e. The van der Waals surface area contributed by atoms with Gasteiger partial charge in [0.15, 0.2) is 0 Å². The van der Waals surface area contributed by atoms with Gasteiger partial charge in [0, 0.05) is 12.6 Å². The summed E-state index contributed by atoms with van der Waals surface area (Å²) >= 11 is 0. The molecule has 2 aromatic carbocycles. The van der Waals surface area contributed by atoms with Gasteiger partial charge in [-0.25, -0.2) is 4.79 Å². The number of nitrogens with zero attached hydrogens (tertiary/aromatic N) is 2. The predicted molar refractivity (Wildman–Crippen MR) is 118 cm³/mol. The Labute approximate surface area is 183 Å². The number of carbonyl (C=O) groups excluding carboxylic acids is 3. The van der Waals surface area contributed by atoms with Crippen LogP contribution in [0.3, 0.4) is 0 Å². The van der Waals surface area contributed by atoms with E-state index < -0.39 is 0 Å². The van der Waals surface area contributed by atoms with E-state index in [1.54, 1.807) is 4.90 Å². The number of carbonyl (C=O) groups is 3. The van der Waals surface area contributed by atoms with Gasteiger partial charge in [0.25, 0.3) is 0 Å². The third-order valence-electron chi connectivity index (χ3n) is 6.27. The summed E-state index contributed by atoms with van der Waals surface area (Å²) in [6.07, 6.45) is 4.25. The van der Waals surface area contributed by atoms with Crippen molar-refractivity contribution in [1.82, 2.24) is 15.1 Å². The first-order chi connectivity index (χ1) is 15.1. The minimum atomic E-state index is -0.352. The van der Waals surface area contributed by atoms with Crippen LogP contribution in [0.2, 0.25) is 0 Å². The molecule has 2 aromatic rings. The van der Waals surface area contributed by atoms with Crippen molar-refractivity contribution < 1.29 is 14.4 Å². The van der Waals surface area contributed by atoms with Gasteiger partial charge >= 0.3 is 6.03 Å². The zero-order valence-corrected chi connectivity index (χ0v) is 17.7. The third-order valence-corrected chi connectivity index (χ3v) is 6.27. The van der Waals surface area contributed by atoms with Crippen molar-refractivity contribution in [2.45, 2.75) is 44.7 Å². The molecule has 1 saturated heterocycles. The van der Waals surface area contributed by atoms with E-state index in [0.29, 0.717) is 6.54 Å². The topological polar surface area (TPSA) is 69.7 Å². The Bertz CT molecular complexity index is 916. The van der Waals surface area contributed by atoms with Gasteiger partial charge in [0.05, 0.1) is 12.5 Å². The molecule has 2 unspecified atom stereocenters. The molecule has 2 fully saturated rings. The summed E-state index contributed by atoms with van der Waals surface area (Å²) in [6.45, 7) is 0.757. The highest BCUT2D eigenvalue weighted by Crippen LogP contribution is 2.35. The van der Waals surface area contributed by atoms with Crippen LogP contribution < -0.4 is 5.32 Å². The van der Waals surface area contributed by atoms with Crippen molar-refractivity contribution in [3.05, 3.63) is 71.8 Å². The van der Waals surface area contributed by atoms with Gasteiger partial charge in [0.1, 0.15) is 6.54 Å². The van der Waals surface area contributed by atoms with Crippen LogP contribution in [-0.4, -0.2) is 46.8 Å². The van der Waals surface area contributed by atoms with Crippen LogP contribution in [0.1, 0.15) is 36.8 Å². The highest BCUT2D eigenvalue weighted by atomic mass is 16.2. The first kappa shape index (κ1) is 21.1. The van der Waals surface area contributed by atoms with Crippen LogP contribution in [0.25, 0.3) is 0 Å². The number of imide groups is 1. The molecule has 2 atom stereocenters. The second-order valence-corrected chi connectivity index (χ2v) is 8.36. The fraction of sp³-hybridized carbons (Fsp3) is 0.400. The van der Waals surface area contributed by atoms with Crippen LogP contribution >= 0.6 is 0 Å². The highest BCUT2D eigenvalue weighted by Gasteiger charge is 2.47. The van der Waals surface area contributed by atoms with Gasteiger partial charge in [-0.3, -0.25) is 14.5 Å². The summed E-state index contributed by atoms with van der Waals surface area (Å²) in [5.41, 5.74) is 2.06. The van der Waals surface area contributed by atoms with Gasteiger partial charge in [-0.2, -0.15) is 0 Å². The van der Waals surface area contributed by atoms with Gasteiger partial charge in [-0.15, -0.1) is 0 Å². The number of hydrogen-bond acceptors (Lipinski definition) is 3. The average Bonchev–Trinajstić information content (AvgIpc) is 2.81. The minimum absolute atomic E-state index is 0.00659. The Hall–Kier alpha value is -3.15. The first-order valence-electron chi connectivity index (χ1n) is 11.1. The monoisotopic (exact) mass is 419 g/mol. The van der Waals surface area contributed by atoms with E-state index in [9.17, 15) is 14.4 Å². The largest absolute Gasteiger partial charge is 0.354 e. The second kappa shape index (κ2) is 9.77. The first-order valence-corrected chi connectivity index (χ1v) is 11.1. The van der Waals surface area contributed by atoms with Crippen molar-refractivity contribution in [3.63, 3.8) is 0 Å². The average molecular weight is 420 g/mol. The van der Waals surface area contributed by atoms with Crippen molar-refractivity contribution in [1.29, 1.82) is 0 Å². The van der Waals surface area contributed by atoms with E-state index in [2.05, 4.69) is 5.32 Å². The number of nitrogens with one attached hydrogen (secondary N) is 1. The smallest absolute Gasteiger partial charge is 0.327 e. The molecule has 1 saturated carbocycles. The van der Waals surface area contributed by atoms with E-state index in [1.165, 1.54) is 4.90 Å². The molecular formula is C25H29N3O3. The number of rotatable bonds is 7. The lowest BCUT2D eigenvalue weighted by Crippen LogP contribution is -2.63. The van der Waals surface area contributed by atoms with Crippen molar-refractivity contribution in [2.24, 2.45) is 5.92 Å². The van der Waals surface area contributed by atoms with Crippen molar-refractivity contribution in [3.8, 4) is 0 Å². The molecular weight excluding hydrogens is 390 g/mol. The molecule has 2 aliphatic rings. The zero-order chi connectivity index (χ0) is 21.6. The van der Waals surface area contributed by atoms with Crippen LogP contribution in [-0.2, 0) is 22.6 Å². The Morgan fingerprint density at radius 2 is 1.55 bits per heavy atom. The Morgan fingerprint density at radius 3 is 2.26 bits per heavy atom. The molecule has 0 bridgehead atoms. The lowest BCUT2D eigenvalue weighted by Gasteiger charge is -2.46. The third kappa shape index (κ3) is 4.95. The van der Waals surface area contributed by atoms with Crippen LogP contribution in [0, 0.1) is 5.92 Å². The van der Waals surface area contributed by atoms with E-state index in [0.717, 1.165) is 43.2 Å². The summed E-state index contributed by atoms with van der Waals surface area (Å²) in [5, 5.41) is 2.93. The number of fused-ring (bicyclic) bond motifs is 1. The molecule has 1 aliphatic heterocycles. The fourth-order valence-corrected chi connectivity index (χ4v) is 4.66. The number of hydrogen-bond donors (Lipinski definition) is 1. The Morgan fingerprint density at radius 1 is 0.903 bits per heavy atom. The molecule has 0 aromatic heterocycles. The van der Waals surface area contributed by atoms with E-state index in [4.69, 9.17) is 0 Å². The van der Waals surface area contributed by atoms with Gasteiger partial charge in [-0.05, 0) is 30.4 Å². The molecule has 0 radical (unpaired) electrons. The van der Waals surface area contributed by atoms with Crippen LogP contribution in [0.15, 0.2) is 60.7 Å². The Kier molecular flexibility index (Phi) is 6.65. The van der Waals surface area contributed by atoms with Gasteiger partial charge < -0.3 is 10.2 Å². The molecule has 0 spiro atoms.